The summed E-state index contributed by atoms with van der Waals surface area (Å²) < 4.78 is 0. The lowest BCUT2D eigenvalue weighted by Gasteiger charge is -2.12. The maximum Gasteiger partial charge on any atom is 0.323 e. The lowest BCUT2D eigenvalue weighted by atomic mass is 10.1. The van der Waals surface area contributed by atoms with E-state index in [0.717, 1.165) is 0 Å². The third-order valence-corrected chi connectivity index (χ3v) is 1.70. The summed E-state index contributed by atoms with van der Waals surface area (Å²) >= 11 is 5.42. The highest BCUT2D eigenvalue weighted by Gasteiger charge is 2.24. The maximum atomic E-state index is 10.4. The molecule has 1 aromatic heterocycles. The molecule has 0 amide bonds. The highest BCUT2D eigenvalue weighted by Crippen LogP contribution is 2.14. The minimum atomic E-state index is -1.39. The Labute approximate surface area is 78.3 Å². The number of carboxylic acids is 1. The van der Waals surface area contributed by atoms with Crippen LogP contribution in [0.3, 0.4) is 0 Å². The lowest BCUT2D eigenvalue weighted by Crippen LogP contribution is -2.36. The van der Waals surface area contributed by atoms with Crippen molar-refractivity contribution in [3.05, 3.63) is 17.2 Å². The van der Waals surface area contributed by atoms with Gasteiger partial charge >= 0.3 is 5.97 Å². The summed E-state index contributed by atoms with van der Waals surface area (Å²) in [6.07, 6.45) is -0.104. The zero-order valence-corrected chi connectivity index (χ0v) is 7.19. The van der Waals surface area contributed by atoms with Crippen LogP contribution in [0.15, 0.2) is 6.20 Å². The van der Waals surface area contributed by atoms with Crippen LogP contribution in [0.1, 0.15) is 11.8 Å². The van der Waals surface area contributed by atoms with Crippen molar-refractivity contribution in [1.29, 1.82) is 0 Å². The van der Waals surface area contributed by atoms with Gasteiger partial charge in [0.15, 0.2) is 5.28 Å². The number of carbonyl (C=O) groups is 1. The molecule has 0 aliphatic carbocycles. The average molecular weight is 206 g/mol. The van der Waals surface area contributed by atoms with Crippen LogP contribution in [0, 0.1) is 0 Å². The first-order chi connectivity index (χ1) is 6.02. The fourth-order valence-electron chi connectivity index (χ4n) is 0.789. The Bertz CT molecular complexity index is 314. The van der Waals surface area contributed by atoms with Crippen molar-refractivity contribution in [2.75, 3.05) is 0 Å². The van der Waals surface area contributed by atoms with Gasteiger partial charge in [-0.15, -0.1) is 0 Å². The number of aliphatic carboxylic acids is 1. The largest absolute Gasteiger partial charge is 0.480 e. The molecule has 0 fully saturated rings. The van der Waals surface area contributed by atoms with Gasteiger partial charge in [-0.1, -0.05) is 0 Å². The Morgan fingerprint density at radius 2 is 2.38 bits per heavy atom. The van der Waals surface area contributed by atoms with E-state index >= 15 is 0 Å². The molecule has 72 valence electrons. The molecule has 0 aliphatic heterocycles. The van der Waals surface area contributed by atoms with Crippen molar-refractivity contribution < 1.29 is 15.0 Å². The molecule has 0 saturated carbocycles. The van der Waals surface area contributed by atoms with E-state index in [2.05, 4.69) is 9.97 Å². The first-order valence-corrected chi connectivity index (χ1v) is 3.77. The molecule has 1 rings (SSSR count). The number of carboxylic acid groups (broad SMARTS) is 1. The Morgan fingerprint density at radius 1 is 1.77 bits per heavy atom. The Hall–Kier alpha value is -1.11. The van der Waals surface area contributed by atoms with Crippen molar-refractivity contribution in [2.24, 2.45) is 5.73 Å². The molecule has 0 bridgehead atoms. The van der Waals surface area contributed by atoms with Crippen molar-refractivity contribution >= 4 is 17.6 Å². The molecule has 0 unspecified atom stereocenters. The van der Waals surface area contributed by atoms with Gasteiger partial charge in [0.05, 0.1) is 11.9 Å². The molecule has 1 aromatic rings. The quantitative estimate of drug-likeness (QED) is 0.532. The van der Waals surface area contributed by atoms with Gasteiger partial charge in [-0.05, 0) is 11.6 Å². The molecule has 13 heavy (non-hydrogen) atoms. The minimum absolute atomic E-state index is 0.0756. The van der Waals surface area contributed by atoms with Gasteiger partial charge in [-0.3, -0.25) is 4.79 Å². The van der Waals surface area contributed by atoms with Crippen LogP contribution < -0.4 is 5.73 Å². The second-order valence-corrected chi connectivity index (χ2v) is 2.80. The van der Waals surface area contributed by atoms with Gasteiger partial charge in [0, 0.05) is 0 Å². The molecule has 0 aromatic carbocycles. The van der Waals surface area contributed by atoms with E-state index in [1.165, 1.54) is 6.20 Å². The summed E-state index contributed by atoms with van der Waals surface area (Å²) in [7, 11) is 0. The number of aliphatic hydroxyl groups excluding tert-OH is 1. The average Bonchev–Trinajstić information content (AvgIpc) is 2.49. The zero-order valence-electron chi connectivity index (χ0n) is 6.44. The highest BCUT2D eigenvalue weighted by molar-refractivity contribution is 6.28. The zero-order chi connectivity index (χ0) is 10.0. The van der Waals surface area contributed by atoms with Crippen LogP contribution in [0.25, 0.3) is 0 Å². The van der Waals surface area contributed by atoms with Gasteiger partial charge in [0.2, 0.25) is 0 Å². The van der Waals surface area contributed by atoms with E-state index in [0.29, 0.717) is 0 Å². The predicted molar refractivity (Wildman–Crippen MR) is 44.2 cm³/mol. The van der Waals surface area contributed by atoms with E-state index < -0.39 is 18.1 Å². The van der Waals surface area contributed by atoms with Crippen molar-refractivity contribution in [3.8, 4) is 0 Å². The summed E-state index contributed by atoms with van der Waals surface area (Å²) in [5.41, 5.74) is 5.34. The summed E-state index contributed by atoms with van der Waals surface area (Å²) in [6, 6.07) is -1.39. The van der Waals surface area contributed by atoms with Gasteiger partial charge in [-0.25, -0.2) is 4.98 Å². The number of aromatic amines is 1. The molecule has 0 radical (unpaired) electrons. The van der Waals surface area contributed by atoms with Gasteiger partial charge in [0.25, 0.3) is 0 Å². The highest BCUT2D eigenvalue weighted by atomic mass is 35.5. The Kier molecular flexibility index (Phi) is 2.86. The molecular formula is C6H8ClN3O3. The van der Waals surface area contributed by atoms with E-state index in [-0.39, 0.29) is 11.0 Å². The molecule has 6 nitrogen and oxygen atoms in total. The standard InChI is InChI=1S/C6H8ClN3O3/c7-6-9-1-2(10-6)4(11)3(8)5(12)13/h1,3-4,11H,8H2,(H,9,10)(H,12,13)/t3-,4+/m0/s1. The van der Waals surface area contributed by atoms with Gasteiger partial charge < -0.3 is 20.9 Å². The number of hydrogen-bond acceptors (Lipinski definition) is 4. The molecule has 5 N–H and O–H groups in total. The number of H-pyrrole nitrogens is 1. The number of hydrogen-bond donors (Lipinski definition) is 4. The van der Waals surface area contributed by atoms with Crippen LogP contribution in [-0.2, 0) is 4.79 Å². The van der Waals surface area contributed by atoms with Crippen LogP contribution in [-0.4, -0.2) is 32.2 Å². The van der Waals surface area contributed by atoms with Crippen LogP contribution in [0.5, 0.6) is 0 Å². The second kappa shape index (κ2) is 3.73. The Balaban J connectivity index is 2.78. The van der Waals surface area contributed by atoms with E-state index in [4.69, 9.17) is 22.4 Å². The smallest absolute Gasteiger partial charge is 0.323 e. The summed E-state index contributed by atoms with van der Waals surface area (Å²) in [6.45, 7) is 0. The minimum Gasteiger partial charge on any atom is -0.480 e. The van der Waals surface area contributed by atoms with E-state index in [1.54, 1.807) is 0 Å². The number of aromatic nitrogens is 2. The van der Waals surface area contributed by atoms with Gasteiger partial charge in [-0.2, -0.15) is 0 Å². The molecule has 7 heteroatoms. The summed E-state index contributed by atoms with van der Waals surface area (Å²) in [5, 5.41) is 17.9. The number of halogens is 1. The van der Waals surface area contributed by atoms with E-state index in [9.17, 15) is 9.90 Å². The number of nitrogens with one attached hydrogen (secondary N) is 1. The fourth-order valence-corrected chi connectivity index (χ4v) is 0.947. The second-order valence-electron chi connectivity index (χ2n) is 2.44. The number of rotatable bonds is 3. The molecular weight excluding hydrogens is 198 g/mol. The van der Waals surface area contributed by atoms with Crippen LogP contribution >= 0.6 is 11.6 Å². The molecule has 2 atom stereocenters. The fraction of sp³-hybridized carbons (Fsp3) is 0.333. The third-order valence-electron chi connectivity index (χ3n) is 1.51. The molecule has 1 heterocycles. The van der Waals surface area contributed by atoms with Gasteiger partial charge in [0.1, 0.15) is 12.1 Å². The number of imidazole rings is 1. The molecule has 0 saturated heterocycles. The van der Waals surface area contributed by atoms with Crippen molar-refractivity contribution in [3.63, 3.8) is 0 Å². The molecule has 0 aliphatic rings. The van der Waals surface area contributed by atoms with Crippen molar-refractivity contribution in [1.82, 2.24) is 9.97 Å². The number of nitrogens with zero attached hydrogens (tertiary/aromatic N) is 1. The number of aliphatic hydroxyl groups is 1. The lowest BCUT2D eigenvalue weighted by molar-refractivity contribution is -0.141. The van der Waals surface area contributed by atoms with E-state index in [1.807, 2.05) is 0 Å². The summed E-state index contributed by atoms with van der Waals surface area (Å²) in [5.74, 6) is -1.29. The molecule has 0 spiro atoms. The van der Waals surface area contributed by atoms with Crippen molar-refractivity contribution in [2.45, 2.75) is 12.1 Å². The predicted octanol–water partition coefficient (Wildman–Crippen LogP) is -0.492. The maximum absolute atomic E-state index is 10.4. The van der Waals surface area contributed by atoms with Crippen LogP contribution in [0.4, 0.5) is 0 Å². The van der Waals surface area contributed by atoms with Crippen LogP contribution in [0.2, 0.25) is 5.28 Å². The monoisotopic (exact) mass is 205 g/mol. The Morgan fingerprint density at radius 3 is 2.77 bits per heavy atom. The first kappa shape index (κ1) is 9.97. The first-order valence-electron chi connectivity index (χ1n) is 3.39. The normalized spacial score (nSPS) is 15.3. The number of nitrogens with two attached hydrogens (primary N) is 1. The SMILES string of the molecule is N[C@H](C(=O)O)[C@H](O)c1cnc(Cl)[nH]1. The summed E-state index contributed by atoms with van der Waals surface area (Å²) in [4.78, 5) is 16.4. The third kappa shape index (κ3) is 2.18. The topological polar surface area (TPSA) is 112 Å².